The van der Waals surface area contributed by atoms with Crippen LogP contribution in [0.15, 0.2) is 24.4 Å². The van der Waals surface area contributed by atoms with E-state index in [4.69, 9.17) is 5.73 Å². The lowest BCUT2D eigenvalue weighted by atomic mass is 10.1. The number of carboxylic acids is 1. The number of nitrogens with one attached hydrogen (secondary N) is 2. The molecule has 3 rings (SSSR count). The third-order valence-electron chi connectivity index (χ3n) is 3.34. The Balaban J connectivity index is 2.42. The highest BCUT2D eigenvalue weighted by Gasteiger charge is 2.18. The quantitative estimate of drug-likeness (QED) is 0.580. The molecule has 0 bridgehead atoms. The topological polar surface area (TPSA) is 104 Å². The smallest absolute Gasteiger partial charge is 0.338 e. The van der Waals surface area contributed by atoms with E-state index in [-0.39, 0.29) is 0 Å². The fourth-order valence-corrected chi connectivity index (χ4v) is 2.51. The van der Waals surface area contributed by atoms with E-state index in [1.165, 1.54) is 0 Å². The molecule has 2 heterocycles. The molecule has 20 heavy (non-hydrogen) atoms. The number of anilines is 1. The average Bonchev–Trinajstić information content (AvgIpc) is 2.77. The van der Waals surface area contributed by atoms with Gasteiger partial charge in [0.15, 0.2) is 0 Å². The number of benzene rings is 1. The summed E-state index contributed by atoms with van der Waals surface area (Å²) in [5, 5.41) is 14.9. The molecule has 6 heteroatoms. The molecule has 0 atom stereocenters. The van der Waals surface area contributed by atoms with Crippen LogP contribution in [0.25, 0.3) is 21.7 Å². The van der Waals surface area contributed by atoms with Crippen molar-refractivity contribution in [3.63, 3.8) is 0 Å². The van der Waals surface area contributed by atoms with E-state index in [1.54, 1.807) is 25.4 Å². The van der Waals surface area contributed by atoms with Crippen LogP contribution in [0.5, 0.6) is 0 Å². The lowest BCUT2D eigenvalue weighted by Crippen LogP contribution is -2.09. The number of rotatable bonds is 3. The number of nitrogens with zero attached hydrogens (tertiary/aromatic N) is 1. The zero-order valence-corrected chi connectivity index (χ0v) is 10.9. The number of hydrogen-bond acceptors (Lipinski definition) is 4. The summed E-state index contributed by atoms with van der Waals surface area (Å²) in [6.07, 6.45) is 1.68. The number of nitrogen functional groups attached to an aromatic ring is 1. The van der Waals surface area contributed by atoms with Gasteiger partial charge in [0.2, 0.25) is 0 Å². The van der Waals surface area contributed by atoms with Crippen molar-refractivity contribution in [2.75, 3.05) is 12.8 Å². The monoisotopic (exact) mass is 270 g/mol. The molecule has 6 nitrogen and oxygen atoms in total. The minimum Gasteiger partial charge on any atom is -0.478 e. The molecule has 0 spiro atoms. The van der Waals surface area contributed by atoms with Gasteiger partial charge in [0, 0.05) is 34.6 Å². The van der Waals surface area contributed by atoms with Crippen molar-refractivity contribution >= 4 is 33.5 Å². The van der Waals surface area contributed by atoms with Crippen LogP contribution in [0.4, 0.5) is 5.82 Å². The minimum atomic E-state index is -0.942. The molecule has 0 saturated heterocycles. The van der Waals surface area contributed by atoms with E-state index in [0.717, 1.165) is 16.3 Å². The molecule has 5 N–H and O–H groups in total. The van der Waals surface area contributed by atoms with Crippen LogP contribution in [0, 0.1) is 0 Å². The Hall–Kier alpha value is -2.60. The third-order valence-corrected chi connectivity index (χ3v) is 3.34. The van der Waals surface area contributed by atoms with Crippen LogP contribution in [0.3, 0.4) is 0 Å². The molecular weight excluding hydrogens is 256 g/mol. The summed E-state index contributed by atoms with van der Waals surface area (Å²) in [6.45, 7) is 0.457. The second-order valence-corrected chi connectivity index (χ2v) is 4.63. The number of hydrogen-bond donors (Lipinski definition) is 4. The zero-order valence-electron chi connectivity index (χ0n) is 10.9. The number of aromatic amines is 1. The highest BCUT2D eigenvalue weighted by atomic mass is 16.4. The maximum Gasteiger partial charge on any atom is 0.338 e. The van der Waals surface area contributed by atoms with Gasteiger partial charge in [-0.25, -0.2) is 9.78 Å². The fraction of sp³-hybridized carbons (Fsp3) is 0.143. The van der Waals surface area contributed by atoms with Crippen molar-refractivity contribution in [3.05, 3.63) is 35.7 Å². The Bertz CT molecular complexity index is 823. The molecule has 0 saturated carbocycles. The number of carboxylic acid groups (broad SMARTS) is 1. The Labute approximate surface area is 114 Å². The van der Waals surface area contributed by atoms with Gasteiger partial charge in [0.05, 0.1) is 11.1 Å². The van der Waals surface area contributed by atoms with Gasteiger partial charge in [-0.1, -0.05) is 12.1 Å². The van der Waals surface area contributed by atoms with Crippen molar-refractivity contribution < 1.29 is 9.90 Å². The standard InChI is InChI=1S/C14H14N4O2/c1-16-6-10-12(14(19)20)8-3-2-7-5-17-11(15)4-9(7)13(8)18-10/h2-5,16,18H,6H2,1H3,(H2,15,17)(H,19,20). The van der Waals surface area contributed by atoms with Gasteiger partial charge in [-0.3, -0.25) is 0 Å². The Morgan fingerprint density at radius 3 is 2.95 bits per heavy atom. The van der Waals surface area contributed by atoms with Crippen LogP contribution in [-0.4, -0.2) is 28.1 Å². The number of carbonyl (C=O) groups is 1. The Morgan fingerprint density at radius 1 is 1.45 bits per heavy atom. The lowest BCUT2D eigenvalue weighted by molar-refractivity contribution is 0.0698. The van der Waals surface area contributed by atoms with E-state index in [9.17, 15) is 9.90 Å². The van der Waals surface area contributed by atoms with E-state index in [1.807, 2.05) is 6.07 Å². The Kier molecular flexibility index (Phi) is 2.80. The highest BCUT2D eigenvalue weighted by Crippen LogP contribution is 2.30. The normalized spacial score (nSPS) is 11.2. The molecule has 0 aliphatic rings. The van der Waals surface area contributed by atoms with Crippen molar-refractivity contribution in [1.82, 2.24) is 15.3 Å². The summed E-state index contributed by atoms with van der Waals surface area (Å²) in [5.74, 6) is -0.533. The van der Waals surface area contributed by atoms with Crippen molar-refractivity contribution in [3.8, 4) is 0 Å². The van der Waals surface area contributed by atoms with Crippen LogP contribution >= 0.6 is 0 Å². The summed E-state index contributed by atoms with van der Waals surface area (Å²) < 4.78 is 0. The van der Waals surface area contributed by atoms with E-state index < -0.39 is 5.97 Å². The molecule has 0 radical (unpaired) electrons. The van der Waals surface area contributed by atoms with E-state index in [0.29, 0.717) is 29.0 Å². The van der Waals surface area contributed by atoms with Crippen LogP contribution in [0.2, 0.25) is 0 Å². The van der Waals surface area contributed by atoms with Crippen LogP contribution < -0.4 is 11.1 Å². The maximum atomic E-state index is 11.5. The molecule has 3 aromatic rings. The van der Waals surface area contributed by atoms with Crippen molar-refractivity contribution in [2.24, 2.45) is 0 Å². The van der Waals surface area contributed by atoms with Gasteiger partial charge in [-0.05, 0) is 13.1 Å². The molecule has 2 aromatic heterocycles. The number of aromatic nitrogens is 2. The number of nitrogens with two attached hydrogens (primary N) is 1. The predicted molar refractivity (Wildman–Crippen MR) is 77.7 cm³/mol. The second kappa shape index (κ2) is 4.50. The van der Waals surface area contributed by atoms with Crippen LogP contribution in [0.1, 0.15) is 16.1 Å². The molecule has 0 amide bonds. The van der Waals surface area contributed by atoms with Gasteiger partial charge in [0.25, 0.3) is 0 Å². The summed E-state index contributed by atoms with van der Waals surface area (Å²) in [6, 6.07) is 5.41. The third kappa shape index (κ3) is 1.78. The van der Waals surface area contributed by atoms with E-state index in [2.05, 4.69) is 15.3 Å². The first-order chi connectivity index (χ1) is 9.61. The molecular formula is C14H14N4O2. The van der Waals surface area contributed by atoms with Gasteiger partial charge in [-0.2, -0.15) is 0 Å². The lowest BCUT2D eigenvalue weighted by Gasteiger charge is -2.01. The average molecular weight is 270 g/mol. The minimum absolute atomic E-state index is 0.298. The molecule has 0 unspecified atom stereocenters. The maximum absolute atomic E-state index is 11.5. The van der Waals surface area contributed by atoms with Gasteiger partial charge >= 0.3 is 5.97 Å². The van der Waals surface area contributed by atoms with Gasteiger partial charge < -0.3 is 21.1 Å². The molecule has 102 valence electrons. The largest absolute Gasteiger partial charge is 0.478 e. The molecule has 0 aliphatic carbocycles. The number of pyridine rings is 1. The fourth-order valence-electron chi connectivity index (χ4n) is 2.51. The van der Waals surface area contributed by atoms with Crippen molar-refractivity contribution in [1.29, 1.82) is 0 Å². The summed E-state index contributed by atoms with van der Waals surface area (Å²) in [5.41, 5.74) is 7.45. The first kappa shape index (κ1) is 12.4. The molecule has 1 aromatic carbocycles. The summed E-state index contributed by atoms with van der Waals surface area (Å²) >= 11 is 0. The molecule has 0 aliphatic heterocycles. The number of H-pyrrole nitrogens is 1. The zero-order chi connectivity index (χ0) is 14.3. The number of fused-ring (bicyclic) bond motifs is 3. The highest BCUT2D eigenvalue weighted by molar-refractivity contribution is 6.13. The summed E-state index contributed by atoms with van der Waals surface area (Å²) in [7, 11) is 1.77. The van der Waals surface area contributed by atoms with Crippen LogP contribution in [-0.2, 0) is 6.54 Å². The number of aromatic carboxylic acids is 1. The Morgan fingerprint density at radius 2 is 2.25 bits per heavy atom. The second-order valence-electron chi connectivity index (χ2n) is 4.63. The van der Waals surface area contributed by atoms with E-state index >= 15 is 0 Å². The van der Waals surface area contributed by atoms with Gasteiger partial charge in [0.1, 0.15) is 5.82 Å². The molecule has 0 fully saturated rings. The van der Waals surface area contributed by atoms with Crippen molar-refractivity contribution in [2.45, 2.75) is 6.54 Å². The predicted octanol–water partition coefficient (Wildman–Crippen LogP) is 1.72. The SMILES string of the molecule is CNCc1[nH]c2c(ccc3cnc(N)cc32)c1C(=O)O. The first-order valence-corrected chi connectivity index (χ1v) is 6.18. The summed E-state index contributed by atoms with van der Waals surface area (Å²) in [4.78, 5) is 18.7. The van der Waals surface area contributed by atoms with Gasteiger partial charge in [-0.15, -0.1) is 0 Å². The first-order valence-electron chi connectivity index (χ1n) is 6.18.